The number of amides is 3. The van der Waals surface area contributed by atoms with E-state index in [9.17, 15) is 14.7 Å². The molecule has 1 saturated heterocycles. The van der Waals surface area contributed by atoms with Crippen LogP contribution in [-0.4, -0.2) is 47.2 Å². The highest BCUT2D eigenvalue weighted by atomic mass is 16.3. The molecule has 128 valence electrons. The van der Waals surface area contributed by atoms with E-state index in [2.05, 4.69) is 5.32 Å². The van der Waals surface area contributed by atoms with Crippen LogP contribution in [0.15, 0.2) is 0 Å². The third kappa shape index (κ3) is 5.48. The molecular weight excluding hydrogens is 282 g/mol. The van der Waals surface area contributed by atoms with E-state index in [1.165, 1.54) is 0 Å². The molecule has 0 spiro atoms. The van der Waals surface area contributed by atoms with Gasteiger partial charge in [0, 0.05) is 24.5 Å². The Kier molecular flexibility index (Phi) is 6.23. The molecule has 1 heterocycles. The minimum atomic E-state index is -0.473. The van der Waals surface area contributed by atoms with Gasteiger partial charge < -0.3 is 21.1 Å². The fraction of sp³-hybridized carbons (Fsp3) is 0.875. The van der Waals surface area contributed by atoms with Gasteiger partial charge in [-0.1, -0.05) is 34.6 Å². The summed E-state index contributed by atoms with van der Waals surface area (Å²) in [5.41, 5.74) is 4.94. The Labute approximate surface area is 133 Å². The molecule has 6 nitrogen and oxygen atoms in total. The normalized spacial score (nSPS) is 24.2. The van der Waals surface area contributed by atoms with Crippen molar-refractivity contribution in [3.8, 4) is 0 Å². The summed E-state index contributed by atoms with van der Waals surface area (Å²) in [5, 5.41) is 13.1. The van der Waals surface area contributed by atoms with Crippen molar-refractivity contribution in [3.63, 3.8) is 0 Å². The zero-order chi connectivity index (χ0) is 17.1. The van der Waals surface area contributed by atoms with Gasteiger partial charge in [0.25, 0.3) is 0 Å². The molecule has 6 heteroatoms. The zero-order valence-corrected chi connectivity index (χ0v) is 14.4. The maximum atomic E-state index is 12.2. The van der Waals surface area contributed by atoms with Gasteiger partial charge in [-0.15, -0.1) is 0 Å². The highest BCUT2D eigenvalue weighted by Crippen LogP contribution is 2.24. The van der Waals surface area contributed by atoms with Crippen molar-refractivity contribution in [1.29, 1.82) is 0 Å². The Morgan fingerprint density at radius 1 is 1.32 bits per heavy atom. The Hall–Kier alpha value is -1.30. The third-order valence-corrected chi connectivity index (χ3v) is 4.21. The van der Waals surface area contributed by atoms with Gasteiger partial charge in [0.15, 0.2) is 0 Å². The van der Waals surface area contributed by atoms with Gasteiger partial charge >= 0.3 is 6.03 Å². The van der Waals surface area contributed by atoms with Gasteiger partial charge in [-0.2, -0.15) is 0 Å². The number of carbonyl (C=O) groups is 2. The Morgan fingerprint density at radius 3 is 2.36 bits per heavy atom. The largest absolute Gasteiger partial charge is 0.393 e. The number of primary amides is 1. The predicted octanol–water partition coefficient (Wildman–Crippen LogP) is 1.32. The molecule has 1 aliphatic heterocycles. The molecule has 1 aliphatic rings. The quantitative estimate of drug-likeness (QED) is 0.730. The van der Waals surface area contributed by atoms with Crippen molar-refractivity contribution >= 4 is 11.9 Å². The number of aliphatic hydroxyl groups excluding tert-OH is 1. The number of aliphatic hydroxyl groups is 1. The number of hydrogen-bond acceptors (Lipinski definition) is 3. The van der Waals surface area contributed by atoms with Crippen LogP contribution in [0.5, 0.6) is 0 Å². The van der Waals surface area contributed by atoms with Gasteiger partial charge in [0.2, 0.25) is 5.91 Å². The van der Waals surface area contributed by atoms with Gasteiger partial charge in [-0.25, -0.2) is 4.79 Å². The molecule has 3 atom stereocenters. The molecule has 1 fully saturated rings. The SMILES string of the molecule is CC(C)C(O)CC1CC(NC(=O)C(C)(C)C)CN(C(N)=O)C1. The zero-order valence-electron chi connectivity index (χ0n) is 14.4. The standard InChI is InChI=1S/C16H31N3O3/c1-10(2)13(20)7-11-6-12(9-19(8-11)15(17)22)18-14(21)16(3,4)5/h10-13,20H,6-9H2,1-5H3,(H2,17,22)(H,18,21). The molecule has 4 N–H and O–H groups in total. The van der Waals surface area contributed by atoms with Crippen molar-refractivity contribution in [2.45, 2.75) is 59.6 Å². The molecule has 0 aromatic rings. The van der Waals surface area contributed by atoms with Crippen molar-refractivity contribution in [2.75, 3.05) is 13.1 Å². The topological polar surface area (TPSA) is 95.7 Å². The van der Waals surface area contributed by atoms with E-state index in [4.69, 9.17) is 5.73 Å². The summed E-state index contributed by atoms with van der Waals surface area (Å²) in [6, 6.07) is -0.587. The lowest BCUT2D eigenvalue weighted by Crippen LogP contribution is -2.55. The van der Waals surface area contributed by atoms with Crippen LogP contribution in [0, 0.1) is 17.3 Å². The molecule has 0 aromatic heterocycles. The van der Waals surface area contributed by atoms with Crippen LogP contribution in [0.2, 0.25) is 0 Å². The maximum absolute atomic E-state index is 12.2. The van der Waals surface area contributed by atoms with E-state index < -0.39 is 17.6 Å². The summed E-state index contributed by atoms with van der Waals surface area (Å²) in [5.74, 6) is 0.280. The Morgan fingerprint density at radius 2 is 1.91 bits per heavy atom. The minimum Gasteiger partial charge on any atom is -0.393 e. The lowest BCUT2D eigenvalue weighted by molar-refractivity contribution is -0.129. The van der Waals surface area contributed by atoms with Crippen LogP contribution in [0.25, 0.3) is 0 Å². The average molecular weight is 313 g/mol. The summed E-state index contributed by atoms with van der Waals surface area (Å²) < 4.78 is 0. The lowest BCUT2D eigenvalue weighted by atomic mass is 9.86. The molecule has 0 saturated carbocycles. The van der Waals surface area contributed by atoms with Gasteiger partial charge in [0.1, 0.15) is 0 Å². The second-order valence-corrected chi connectivity index (χ2v) is 7.81. The van der Waals surface area contributed by atoms with Crippen LogP contribution in [0.3, 0.4) is 0 Å². The molecule has 0 bridgehead atoms. The minimum absolute atomic E-state index is 0.0352. The number of carbonyl (C=O) groups excluding carboxylic acids is 2. The van der Waals surface area contributed by atoms with Crippen molar-refractivity contribution in [1.82, 2.24) is 10.2 Å². The summed E-state index contributed by atoms with van der Waals surface area (Å²) in [4.78, 5) is 25.2. The highest BCUT2D eigenvalue weighted by molar-refractivity contribution is 5.81. The number of nitrogens with two attached hydrogens (primary N) is 1. The molecule has 0 aromatic carbocycles. The molecule has 0 radical (unpaired) electrons. The Balaban J connectivity index is 2.73. The summed E-state index contributed by atoms with van der Waals surface area (Å²) >= 11 is 0. The number of urea groups is 1. The van der Waals surface area contributed by atoms with Crippen LogP contribution in [-0.2, 0) is 4.79 Å². The van der Waals surface area contributed by atoms with E-state index in [1.807, 2.05) is 34.6 Å². The highest BCUT2D eigenvalue weighted by Gasteiger charge is 2.33. The monoisotopic (exact) mass is 313 g/mol. The van der Waals surface area contributed by atoms with E-state index in [-0.39, 0.29) is 23.8 Å². The first kappa shape index (κ1) is 18.7. The van der Waals surface area contributed by atoms with Gasteiger partial charge in [0.05, 0.1) is 6.10 Å². The average Bonchev–Trinajstić information content (AvgIpc) is 2.36. The number of likely N-dealkylation sites (tertiary alicyclic amines) is 1. The van der Waals surface area contributed by atoms with Crippen molar-refractivity contribution in [2.24, 2.45) is 23.0 Å². The fourth-order valence-corrected chi connectivity index (χ4v) is 2.67. The van der Waals surface area contributed by atoms with E-state index in [0.717, 1.165) is 6.42 Å². The molecule has 3 amide bonds. The maximum Gasteiger partial charge on any atom is 0.314 e. The van der Waals surface area contributed by atoms with Gasteiger partial charge in [-0.3, -0.25) is 4.79 Å². The lowest BCUT2D eigenvalue weighted by Gasteiger charge is -2.39. The van der Waals surface area contributed by atoms with Crippen molar-refractivity contribution < 1.29 is 14.7 Å². The first-order chi connectivity index (χ1) is 10.0. The predicted molar refractivity (Wildman–Crippen MR) is 86.1 cm³/mol. The first-order valence-electron chi connectivity index (χ1n) is 8.04. The molecule has 0 aliphatic carbocycles. The van der Waals surface area contributed by atoms with Crippen molar-refractivity contribution in [3.05, 3.63) is 0 Å². The fourth-order valence-electron chi connectivity index (χ4n) is 2.67. The molecule has 1 rings (SSSR count). The second kappa shape index (κ2) is 7.31. The number of piperidine rings is 1. The number of nitrogens with zero attached hydrogens (tertiary/aromatic N) is 1. The smallest absolute Gasteiger partial charge is 0.314 e. The van der Waals surface area contributed by atoms with E-state index >= 15 is 0 Å². The van der Waals surface area contributed by atoms with Crippen LogP contribution in [0.4, 0.5) is 4.79 Å². The molecule has 3 unspecified atom stereocenters. The molecule has 22 heavy (non-hydrogen) atoms. The number of hydrogen-bond donors (Lipinski definition) is 3. The Bertz CT molecular complexity index is 404. The van der Waals surface area contributed by atoms with Crippen LogP contribution >= 0.6 is 0 Å². The third-order valence-electron chi connectivity index (χ3n) is 4.21. The van der Waals surface area contributed by atoms with E-state index in [0.29, 0.717) is 19.5 Å². The van der Waals surface area contributed by atoms with E-state index in [1.54, 1.807) is 4.90 Å². The summed E-state index contributed by atoms with van der Waals surface area (Å²) in [7, 11) is 0. The molecular formula is C16H31N3O3. The number of rotatable bonds is 4. The second-order valence-electron chi connectivity index (χ2n) is 7.81. The summed E-state index contributed by atoms with van der Waals surface area (Å²) in [6.45, 7) is 10.5. The van der Waals surface area contributed by atoms with Gasteiger partial charge in [-0.05, 0) is 24.7 Å². The van der Waals surface area contributed by atoms with Crippen LogP contribution in [0.1, 0.15) is 47.5 Å². The van der Waals surface area contributed by atoms with Crippen LogP contribution < -0.4 is 11.1 Å². The number of nitrogens with one attached hydrogen (secondary N) is 1. The first-order valence-corrected chi connectivity index (χ1v) is 8.04. The summed E-state index contributed by atoms with van der Waals surface area (Å²) in [6.07, 6.45) is 0.968.